The highest BCUT2D eigenvalue weighted by atomic mass is 15.4. The first-order valence-electron chi connectivity index (χ1n) is 6.78. The predicted molar refractivity (Wildman–Crippen MR) is 79.3 cm³/mol. The Kier molecular flexibility index (Phi) is 3.11. The monoisotopic (exact) mass is 264 g/mol. The zero-order valence-electron chi connectivity index (χ0n) is 12.0. The molecule has 3 heteroatoms. The summed E-state index contributed by atoms with van der Waals surface area (Å²) in [6.45, 7) is 6.26. The minimum atomic E-state index is 0.987. The summed E-state index contributed by atoms with van der Waals surface area (Å²) in [6, 6.07) is 18.6. The van der Waals surface area contributed by atoms with Crippen molar-refractivity contribution in [3.63, 3.8) is 0 Å². The summed E-state index contributed by atoms with van der Waals surface area (Å²) in [5.74, 6) is 2.09. The van der Waals surface area contributed by atoms with Crippen molar-refractivity contribution in [1.82, 2.24) is 9.78 Å². The molecule has 3 aromatic rings. The summed E-state index contributed by atoms with van der Waals surface area (Å²) < 4.78 is 4.18. The Balaban J connectivity index is 2.20. The largest absolute Gasteiger partial charge is 0.279 e. The molecule has 1 aromatic heterocycles. The van der Waals surface area contributed by atoms with E-state index in [2.05, 4.69) is 59.9 Å². The van der Waals surface area contributed by atoms with Gasteiger partial charge in [-0.05, 0) is 30.7 Å². The van der Waals surface area contributed by atoms with Gasteiger partial charge in [0.2, 0.25) is 5.82 Å². The molecule has 0 saturated carbocycles. The summed E-state index contributed by atoms with van der Waals surface area (Å²) in [7, 11) is 0. The molecule has 1 heterocycles. The van der Waals surface area contributed by atoms with E-state index in [1.54, 1.807) is 0 Å². The van der Waals surface area contributed by atoms with Crippen LogP contribution in [0.5, 0.6) is 0 Å². The average Bonchev–Trinajstić information content (AvgIpc) is 2.76. The van der Waals surface area contributed by atoms with Crippen LogP contribution in [0.4, 0.5) is 0 Å². The van der Waals surface area contributed by atoms with Crippen molar-refractivity contribution in [3.8, 4) is 11.4 Å². The molecule has 3 nitrogen and oxygen atoms in total. The molecule has 3 rings (SSSR count). The van der Waals surface area contributed by atoms with Gasteiger partial charge in [0.25, 0.3) is 5.82 Å². The highest BCUT2D eigenvalue weighted by molar-refractivity contribution is 5.34. The highest BCUT2D eigenvalue weighted by Gasteiger charge is 2.22. The number of hydrogen-bond acceptors (Lipinski definition) is 1. The summed E-state index contributed by atoms with van der Waals surface area (Å²) in [4.78, 5) is 0. The van der Waals surface area contributed by atoms with Gasteiger partial charge in [-0.1, -0.05) is 41.1 Å². The van der Waals surface area contributed by atoms with E-state index >= 15 is 0 Å². The number of nitrogens with zero attached hydrogens (tertiary/aromatic N) is 3. The van der Waals surface area contributed by atoms with E-state index < -0.39 is 0 Å². The van der Waals surface area contributed by atoms with Crippen LogP contribution >= 0.6 is 0 Å². The van der Waals surface area contributed by atoms with Crippen molar-refractivity contribution in [2.45, 2.75) is 20.8 Å². The van der Waals surface area contributed by atoms with E-state index in [4.69, 9.17) is 0 Å². The first-order chi connectivity index (χ1) is 9.68. The van der Waals surface area contributed by atoms with E-state index in [1.807, 2.05) is 29.8 Å². The smallest absolute Gasteiger partial charge is 0.198 e. The Morgan fingerprint density at radius 3 is 2.20 bits per heavy atom. The fourth-order valence-electron chi connectivity index (χ4n) is 2.57. The molecule has 0 N–H and O–H groups in total. The van der Waals surface area contributed by atoms with Crippen LogP contribution in [0.2, 0.25) is 0 Å². The second-order valence-electron chi connectivity index (χ2n) is 4.96. The Labute approximate surface area is 119 Å². The second kappa shape index (κ2) is 4.93. The van der Waals surface area contributed by atoms with Crippen molar-refractivity contribution >= 4 is 0 Å². The van der Waals surface area contributed by atoms with Crippen LogP contribution in [0.15, 0.2) is 54.6 Å². The predicted octanol–water partition coefficient (Wildman–Crippen LogP) is 3.07. The first-order valence-corrected chi connectivity index (χ1v) is 6.78. The van der Waals surface area contributed by atoms with Gasteiger partial charge in [0.1, 0.15) is 11.4 Å². The molecule has 2 aromatic carbocycles. The highest BCUT2D eigenvalue weighted by Crippen LogP contribution is 2.12. The lowest BCUT2D eigenvalue weighted by molar-refractivity contribution is -0.610. The zero-order chi connectivity index (χ0) is 14.1. The molecular weight excluding hydrogens is 246 g/mol. The third-order valence-corrected chi connectivity index (χ3v) is 3.56. The molecule has 0 unspecified atom stereocenters. The molecule has 0 fully saturated rings. The van der Waals surface area contributed by atoms with Gasteiger partial charge in [-0.15, -0.1) is 0 Å². The van der Waals surface area contributed by atoms with Crippen LogP contribution in [0.25, 0.3) is 11.4 Å². The molecule has 100 valence electrons. The molecule has 0 aliphatic carbocycles. The van der Waals surface area contributed by atoms with E-state index in [0.717, 1.165) is 17.3 Å². The SMILES string of the molecule is Cc1ccccc1-[n+]1c(C)nn(-c2ccccc2)c1C. The molecule has 0 atom stereocenters. The van der Waals surface area contributed by atoms with Crippen LogP contribution in [0, 0.1) is 20.8 Å². The zero-order valence-corrected chi connectivity index (χ0v) is 12.0. The maximum Gasteiger partial charge on any atom is 0.279 e. The van der Waals surface area contributed by atoms with Crippen LogP contribution < -0.4 is 4.57 Å². The van der Waals surface area contributed by atoms with Gasteiger partial charge in [0, 0.05) is 18.9 Å². The number of aromatic nitrogens is 3. The normalized spacial score (nSPS) is 10.8. The number of benzene rings is 2. The van der Waals surface area contributed by atoms with Gasteiger partial charge in [-0.3, -0.25) is 0 Å². The maximum atomic E-state index is 4.68. The molecule has 0 spiro atoms. The Morgan fingerprint density at radius 2 is 1.50 bits per heavy atom. The summed E-state index contributed by atoms with van der Waals surface area (Å²) in [6.07, 6.45) is 0. The Bertz CT molecular complexity index is 742. The van der Waals surface area contributed by atoms with Crippen molar-refractivity contribution < 1.29 is 4.57 Å². The van der Waals surface area contributed by atoms with E-state index in [0.29, 0.717) is 0 Å². The van der Waals surface area contributed by atoms with Gasteiger partial charge in [-0.2, -0.15) is 4.57 Å². The van der Waals surface area contributed by atoms with Crippen molar-refractivity contribution in [1.29, 1.82) is 0 Å². The minimum Gasteiger partial charge on any atom is -0.198 e. The lowest BCUT2D eigenvalue weighted by Gasteiger charge is -2.04. The molecular formula is C17H18N3+. The van der Waals surface area contributed by atoms with Crippen LogP contribution in [0.3, 0.4) is 0 Å². The van der Waals surface area contributed by atoms with Crippen molar-refractivity contribution in [2.75, 3.05) is 0 Å². The fraction of sp³-hybridized carbons (Fsp3) is 0.176. The molecule has 0 bridgehead atoms. The minimum absolute atomic E-state index is 0.987. The van der Waals surface area contributed by atoms with Crippen molar-refractivity contribution in [3.05, 3.63) is 71.8 Å². The van der Waals surface area contributed by atoms with Crippen LogP contribution in [0.1, 0.15) is 17.2 Å². The van der Waals surface area contributed by atoms with Crippen LogP contribution in [-0.4, -0.2) is 9.78 Å². The standard InChI is InChI=1S/C17H18N3/c1-13-9-7-8-12-17(13)19-14(2)18-20(15(19)3)16-10-5-4-6-11-16/h4-12H,1-3H3/q+1. The van der Waals surface area contributed by atoms with Crippen LogP contribution in [-0.2, 0) is 0 Å². The van der Waals surface area contributed by atoms with Gasteiger partial charge in [0.05, 0.1) is 0 Å². The molecule has 0 aliphatic heterocycles. The van der Waals surface area contributed by atoms with E-state index in [-0.39, 0.29) is 0 Å². The van der Waals surface area contributed by atoms with E-state index in [1.165, 1.54) is 11.3 Å². The lowest BCUT2D eigenvalue weighted by Crippen LogP contribution is -2.36. The van der Waals surface area contributed by atoms with Gasteiger partial charge in [-0.25, -0.2) is 0 Å². The number of rotatable bonds is 2. The molecule has 0 saturated heterocycles. The second-order valence-corrected chi connectivity index (χ2v) is 4.96. The third kappa shape index (κ3) is 2.01. The van der Waals surface area contributed by atoms with Gasteiger partial charge >= 0.3 is 0 Å². The first kappa shape index (κ1) is 12.6. The number of para-hydroxylation sites is 2. The van der Waals surface area contributed by atoms with Gasteiger partial charge in [0.15, 0.2) is 0 Å². The molecule has 0 amide bonds. The molecule has 20 heavy (non-hydrogen) atoms. The topological polar surface area (TPSA) is 21.7 Å². The molecule has 0 aliphatic rings. The number of hydrogen-bond donors (Lipinski definition) is 0. The average molecular weight is 264 g/mol. The molecule has 0 radical (unpaired) electrons. The fourth-order valence-corrected chi connectivity index (χ4v) is 2.57. The summed E-state index contributed by atoms with van der Waals surface area (Å²) >= 11 is 0. The maximum absolute atomic E-state index is 4.68. The number of aryl methyl sites for hydroxylation is 2. The lowest BCUT2D eigenvalue weighted by atomic mass is 10.2. The Hall–Kier alpha value is -2.42. The van der Waals surface area contributed by atoms with Gasteiger partial charge < -0.3 is 0 Å². The summed E-state index contributed by atoms with van der Waals surface area (Å²) in [5.41, 5.74) is 3.52. The van der Waals surface area contributed by atoms with Crippen molar-refractivity contribution in [2.24, 2.45) is 0 Å². The quantitative estimate of drug-likeness (QED) is 0.652. The van der Waals surface area contributed by atoms with E-state index in [9.17, 15) is 0 Å². The Morgan fingerprint density at radius 1 is 0.850 bits per heavy atom. The third-order valence-electron chi connectivity index (χ3n) is 3.56. The summed E-state index contributed by atoms with van der Waals surface area (Å²) in [5, 5.41) is 4.68.